The molecule has 0 heterocycles. The van der Waals surface area contributed by atoms with Gasteiger partial charge >= 0.3 is 0 Å². The molecule has 0 saturated carbocycles. The number of rotatable bonds is 2. The van der Waals surface area contributed by atoms with Crippen LogP contribution in [-0.4, -0.2) is 13.4 Å². The lowest BCUT2D eigenvalue weighted by Gasteiger charge is -2.36. The molecule has 0 atom stereocenters. The highest BCUT2D eigenvalue weighted by atomic mass is 28.4. The second kappa shape index (κ2) is 4.77. The number of hydrogen-bond acceptors (Lipinski definition) is 2. The fourth-order valence-electron chi connectivity index (χ4n) is 1.77. The molecule has 2 rings (SSSR count). The van der Waals surface area contributed by atoms with Crippen molar-refractivity contribution in [1.82, 2.24) is 0 Å². The molecule has 4 heteroatoms. The minimum Gasteiger partial charge on any atom is -0.541 e. The summed E-state index contributed by atoms with van der Waals surface area (Å²) in [6.45, 7) is 10.6. The highest BCUT2D eigenvalue weighted by Gasteiger charge is 2.39. The average molecular weight is 292 g/mol. The summed E-state index contributed by atoms with van der Waals surface area (Å²) >= 11 is 0. The monoisotopic (exact) mass is 292 g/mol. The van der Waals surface area contributed by atoms with E-state index in [2.05, 4.69) is 33.9 Å². The van der Waals surface area contributed by atoms with Crippen molar-refractivity contribution in [2.75, 3.05) is 0 Å². The zero-order chi connectivity index (χ0) is 15.1. The molecule has 2 nitrogen and oxygen atoms in total. The van der Waals surface area contributed by atoms with Gasteiger partial charge in [-0.25, -0.2) is 4.39 Å². The lowest BCUT2D eigenvalue weighted by Crippen LogP contribution is -2.43. The number of phenolic OH excluding ortho intramolecular Hbond substituents is 1. The Balaban J connectivity index is 2.59. The lowest BCUT2D eigenvalue weighted by atomic mass is 10.1. The summed E-state index contributed by atoms with van der Waals surface area (Å²) in [5.74, 6) is 0.129. The highest BCUT2D eigenvalue weighted by molar-refractivity contribution is 6.74. The van der Waals surface area contributed by atoms with E-state index >= 15 is 0 Å². The van der Waals surface area contributed by atoms with Crippen molar-refractivity contribution >= 4 is 19.1 Å². The van der Waals surface area contributed by atoms with Crippen molar-refractivity contribution in [3.8, 4) is 11.5 Å². The number of hydrogen-bond donors (Lipinski definition) is 1. The van der Waals surface area contributed by atoms with Crippen LogP contribution in [0.3, 0.4) is 0 Å². The summed E-state index contributed by atoms with van der Waals surface area (Å²) in [6, 6.07) is 7.89. The molecule has 0 aromatic heterocycles. The van der Waals surface area contributed by atoms with E-state index in [-0.39, 0.29) is 16.6 Å². The quantitative estimate of drug-likeness (QED) is 0.783. The Kier molecular flexibility index (Phi) is 3.54. The summed E-state index contributed by atoms with van der Waals surface area (Å²) < 4.78 is 19.7. The van der Waals surface area contributed by atoms with Crippen LogP contribution >= 0.6 is 0 Å². The van der Waals surface area contributed by atoms with Crippen LogP contribution in [0.15, 0.2) is 30.3 Å². The third-order valence-corrected chi connectivity index (χ3v) is 8.40. The standard InChI is InChI=1S/C16H21FO2Si/c1-16(2,3)20(4,5)19-15-13-10-12(17)8-6-11(13)7-9-14(15)18/h6-10,18H,1-5H3. The average Bonchev–Trinajstić information content (AvgIpc) is 2.31. The van der Waals surface area contributed by atoms with Gasteiger partial charge in [-0.1, -0.05) is 32.9 Å². The van der Waals surface area contributed by atoms with Crippen LogP contribution in [0.1, 0.15) is 20.8 Å². The van der Waals surface area contributed by atoms with Gasteiger partial charge in [0.25, 0.3) is 8.32 Å². The Hall–Kier alpha value is -1.55. The molecule has 2 aromatic rings. The van der Waals surface area contributed by atoms with Gasteiger partial charge in [-0.2, -0.15) is 0 Å². The highest BCUT2D eigenvalue weighted by Crippen LogP contribution is 2.42. The number of fused-ring (bicyclic) bond motifs is 1. The zero-order valence-electron chi connectivity index (χ0n) is 12.6. The lowest BCUT2D eigenvalue weighted by molar-refractivity contribution is 0.425. The molecule has 0 amide bonds. The van der Waals surface area contributed by atoms with Crippen molar-refractivity contribution in [3.05, 3.63) is 36.1 Å². The van der Waals surface area contributed by atoms with Gasteiger partial charge < -0.3 is 9.53 Å². The Morgan fingerprint density at radius 2 is 1.70 bits per heavy atom. The predicted octanol–water partition coefficient (Wildman–Crippen LogP) is 5.07. The van der Waals surface area contributed by atoms with Crippen molar-refractivity contribution in [1.29, 1.82) is 0 Å². The van der Waals surface area contributed by atoms with Gasteiger partial charge in [-0.3, -0.25) is 0 Å². The molecular formula is C16H21FO2Si. The summed E-state index contributed by atoms with van der Waals surface area (Å²) in [5.41, 5.74) is 0. The molecule has 0 spiro atoms. The number of aromatic hydroxyl groups is 1. The molecule has 0 aliphatic carbocycles. The SMILES string of the molecule is CC(C)(C)[Si](C)(C)Oc1c(O)ccc2ccc(F)cc12. The molecule has 2 aromatic carbocycles. The van der Waals surface area contributed by atoms with Crippen LogP contribution in [0.5, 0.6) is 11.5 Å². The largest absolute Gasteiger partial charge is 0.541 e. The van der Waals surface area contributed by atoms with Gasteiger partial charge in [0, 0.05) is 5.39 Å². The molecule has 0 fully saturated rings. The molecule has 20 heavy (non-hydrogen) atoms. The number of halogens is 1. The first kappa shape index (κ1) is 14.8. The van der Waals surface area contributed by atoms with E-state index in [0.717, 1.165) is 5.39 Å². The molecule has 0 saturated heterocycles. The summed E-state index contributed by atoms with van der Waals surface area (Å²) in [6.07, 6.45) is 0. The first-order valence-electron chi connectivity index (χ1n) is 6.72. The van der Waals surface area contributed by atoms with E-state index in [1.165, 1.54) is 12.1 Å². The molecule has 0 radical (unpaired) electrons. The normalized spacial score (nSPS) is 12.7. The van der Waals surface area contributed by atoms with Gasteiger partial charge in [0.1, 0.15) is 5.82 Å². The van der Waals surface area contributed by atoms with Crippen molar-refractivity contribution < 1.29 is 13.9 Å². The summed E-state index contributed by atoms with van der Waals surface area (Å²) in [7, 11) is -2.09. The third-order valence-electron chi connectivity index (χ3n) is 4.08. The molecular weight excluding hydrogens is 271 g/mol. The van der Waals surface area contributed by atoms with Gasteiger partial charge in [0.05, 0.1) is 0 Å². The molecule has 0 aliphatic rings. The van der Waals surface area contributed by atoms with E-state index < -0.39 is 8.32 Å². The van der Waals surface area contributed by atoms with Gasteiger partial charge in [-0.15, -0.1) is 0 Å². The molecule has 1 N–H and O–H groups in total. The second-order valence-corrected chi connectivity index (χ2v) is 11.4. The number of phenols is 1. The fraction of sp³-hybridized carbons (Fsp3) is 0.375. The smallest absolute Gasteiger partial charge is 0.250 e. The van der Waals surface area contributed by atoms with E-state index in [4.69, 9.17) is 4.43 Å². The Labute approximate surface area is 120 Å². The summed E-state index contributed by atoms with van der Waals surface area (Å²) in [5, 5.41) is 11.6. The zero-order valence-corrected chi connectivity index (χ0v) is 13.6. The van der Waals surface area contributed by atoms with Crippen LogP contribution in [0.4, 0.5) is 4.39 Å². The van der Waals surface area contributed by atoms with Crippen molar-refractivity contribution in [3.63, 3.8) is 0 Å². The third kappa shape index (κ3) is 2.65. The number of benzene rings is 2. The van der Waals surface area contributed by atoms with Crippen LogP contribution < -0.4 is 4.43 Å². The molecule has 108 valence electrons. The fourth-order valence-corrected chi connectivity index (χ4v) is 2.80. The Bertz CT molecular complexity index is 639. The van der Waals surface area contributed by atoms with E-state index in [1.54, 1.807) is 18.2 Å². The van der Waals surface area contributed by atoms with Crippen LogP contribution in [0, 0.1) is 5.82 Å². The van der Waals surface area contributed by atoms with Gasteiger partial charge in [-0.05, 0) is 41.7 Å². The van der Waals surface area contributed by atoms with E-state index in [9.17, 15) is 9.50 Å². The topological polar surface area (TPSA) is 29.5 Å². The second-order valence-electron chi connectivity index (χ2n) is 6.64. The maximum absolute atomic E-state index is 13.5. The van der Waals surface area contributed by atoms with Crippen molar-refractivity contribution in [2.45, 2.75) is 38.9 Å². The van der Waals surface area contributed by atoms with Crippen LogP contribution in [-0.2, 0) is 0 Å². The molecule has 0 unspecified atom stereocenters. The van der Waals surface area contributed by atoms with E-state index in [0.29, 0.717) is 11.1 Å². The Morgan fingerprint density at radius 1 is 1.10 bits per heavy atom. The van der Waals surface area contributed by atoms with Crippen LogP contribution in [0.25, 0.3) is 10.8 Å². The first-order valence-corrected chi connectivity index (χ1v) is 9.63. The predicted molar refractivity (Wildman–Crippen MR) is 83.4 cm³/mol. The Morgan fingerprint density at radius 3 is 2.30 bits per heavy atom. The van der Waals surface area contributed by atoms with Crippen LogP contribution in [0.2, 0.25) is 18.1 Å². The van der Waals surface area contributed by atoms with Crippen molar-refractivity contribution in [2.24, 2.45) is 0 Å². The minimum atomic E-state index is -2.09. The maximum atomic E-state index is 13.5. The van der Waals surface area contributed by atoms with Gasteiger partial charge in [0.15, 0.2) is 11.5 Å². The maximum Gasteiger partial charge on any atom is 0.250 e. The summed E-state index contributed by atoms with van der Waals surface area (Å²) in [4.78, 5) is 0. The minimum absolute atomic E-state index is 0.00886. The molecule has 0 bridgehead atoms. The van der Waals surface area contributed by atoms with Gasteiger partial charge in [0.2, 0.25) is 0 Å². The first-order chi connectivity index (χ1) is 9.12. The molecule has 0 aliphatic heterocycles. The van der Waals surface area contributed by atoms with E-state index in [1.807, 2.05) is 0 Å².